The van der Waals surface area contributed by atoms with E-state index in [1.54, 1.807) is 0 Å². The maximum atomic E-state index is 12.0. The lowest BCUT2D eigenvalue weighted by atomic mass is 10.0. The van der Waals surface area contributed by atoms with Gasteiger partial charge in [0.05, 0.1) is 19.5 Å². The third kappa shape index (κ3) is 4.82. The van der Waals surface area contributed by atoms with Gasteiger partial charge in [0, 0.05) is 0 Å². The van der Waals surface area contributed by atoms with E-state index in [9.17, 15) is 33.4 Å². The van der Waals surface area contributed by atoms with Gasteiger partial charge in [0.15, 0.2) is 17.4 Å². The van der Waals surface area contributed by atoms with Crippen LogP contribution in [0.2, 0.25) is 0 Å². The summed E-state index contributed by atoms with van der Waals surface area (Å²) in [6.45, 7) is -1.29. The Balaban J connectivity index is 1.52. The van der Waals surface area contributed by atoms with Crippen molar-refractivity contribution in [1.82, 2.24) is 19.5 Å². The summed E-state index contributed by atoms with van der Waals surface area (Å²) in [6.07, 6.45) is -2.51. The fourth-order valence-electron chi connectivity index (χ4n) is 3.36. The Morgan fingerprint density at radius 2 is 1.94 bits per heavy atom. The number of aliphatic hydroxyl groups is 1. The van der Waals surface area contributed by atoms with Crippen LogP contribution in [0.15, 0.2) is 11.1 Å². The molecule has 2 aliphatic rings. The van der Waals surface area contributed by atoms with E-state index in [-0.39, 0.29) is 23.7 Å². The Hall–Kier alpha value is -1.56. The standard InChI is InChI=1S/C11H16N5O14P3/c12-10-14-7-4(8(18)15-10)13-3-16(7)9-5-6(17)11(28-9,1-26-5)2-27-32(22,23)30-33(24,25)29-31(19,20)21/h3,5-6,9,17H,1-2H2,(H,22,23)(H,24,25)(H2,19,20,21)(H3,12,14,15,18)/t5?,6?,9-,11-/m1/s1. The molecule has 2 aromatic heterocycles. The predicted molar refractivity (Wildman–Crippen MR) is 101 cm³/mol. The molecule has 4 rings (SSSR count). The number of ether oxygens (including phenoxy) is 2. The number of nitrogens with two attached hydrogens (primary N) is 1. The molecule has 2 bridgehead atoms. The number of rotatable bonds is 8. The minimum Gasteiger partial charge on any atom is -0.387 e. The lowest BCUT2D eigenvalue weighted by Gasteiger charge is -2.31. The molecule has 184 valence electrons. The first-order valence-electron chi connectivity index (χ1n) is 8.60. The van der Waals surface area contributed by atoms with Crippen molar-refractivity contribution >= 4 is 40.6 Å². The fourth-order valence-corrected chi connectivity index (χ4v) is 6.44. The number of hydrogen-bond donors (Lipinski definition) is 7. The van der Waals surface area contributed by atoms with E-state index in [0.29, 0.717) is 0 Å². The monoisotopic (exact) mass is 535 g/mol. The molecule has 0 aliphatic carbocycles. The molecule has 0 aromatic carbocycles. The minimum absolute atomic E-state index is 0.00682. The van der Waals surface area contributed by atoms with Crippen molar-refractivity contribution in [1.29, 1.82) is 0 Å². The van der Waals surface area contributed by atoms with E-state index in [2.05, 4.69) is 28.1 Å². The summed E-state index contributed by atoms with van der Waals surface area (Å²) in [5.41, 5.74) is 3.02. The summed E-state index contributed by atoms with van der Waals surface area (Å²) in [5, 5.41) is 10.6. The number of H-pyrrole nitrogens is 1. The zero-order valence-corrected chi connectivity index (χ0v) is 18.6. The van der Waals surface area contributed by atoms with Crippen molar-refractivity contribution < 1.29 is 61.0 Å². The van der Waals surface area contributed by atoms with Crippen molar-refractivity contribution in [3.8, 4) is 0 Å². The average Bonchev–Trinajstić information content (AvgIpc) is 3.27. The highest BCUT2D eigenvalue weighted by Crippen LogP contribution is 2.66. The summed E-state index contributed by atoms with van der Waals surface area (Å²) in [7, 11) is -16.7. The first kappa shape index (κ1) is 24.6. The van der Waals surface area contributed by atoms with Gasteiger partial charge in [-0.1, -0.05) is 0 Å². The van der Waals surface area contributed by atoms with Gasteiger partial charge in [0.25, 0.3) is 5.56 Å². The van der Waals surface area contributed by atoms with Gasteiger partial charge >= 0.3 is 23.5 Å². The molecule has 33 heavy (non-hydrogen) atoms. The number of phosphoric acid groups is 3. The first-order chi connectivity index (χ1) is 15.1. The van der Waals surface area contributed by atoms with E-state index in [1.165, 1.54) is 10.9 Å². The zero-order valence-electron chi connectivity index (χ0n) is 15.9. The molecule has 4 heterocycles. The second-order valence-corrected chi connectivity index (χ2v) is 11.4. The molecule has 19 nitrogen and oxygen atoms in total. The molecular formula is C11H16N5O14P3. The molecule has 22 heteroatoms. The summed E-state index contributed by atoms with van der Waals surface area (Å²) < 4.78 is 58.4. The first-order valence-corrected chi connectivity index (χ1v) is 13.1. The van der Waals surface area contributed by atoms with Crippen molar-refractivity contribution in [2.24, 2.45) is 0 Å². The molecule has 6 atom stereocenters. The van der Waals surface area contributed by atoms with Crippen LogP contribution in [-0.2, 0) is 36.3 Å². The van der Waals surface area contributed by atoms with Crippen LogP contribution in [0.4, 0.5) is 5.95 Å². The molecule has 0 spiro atoms. The van der Waals surface area contributed by atoms with Crippen molar-refractivity contribution in [2.75, 3.05) is 18.9 Å². The van der Waals surface area contributed by atoms with Gasteiger partial charge in [-0.3, -0.25) is 18.9 Å². The molecule has 2 fully saturated rings. The lowest BCUT2D eigenvalue weighted by molar-refractivity contribution is -0.183. The number of aromatic nitrogens is 4. The lowest BCUT2D eigenvalue weighted by Crippen LogP contribution is -2.44. The Labute approximate surface area is 181 Å². The molecule has 4 unspecified atom stereocenters. The van der Waals surface area contributed by atoms with Crippen LogP contribution in [0, 0.1) is 0 Å². The van der Waals surface area contributed by atoms with Crippen molar-refractivity contribution in [3.63, 3.8) is 0 Å². The highest BCUT2D eigenvalue weighted by Gasteiger charge is 2.63. The molecule has 0 amide bonds. The minimum atomic E-state index is -5.72. The number of aromatic amines is 1. The van der Waals surface area contributed by atoms with E-state index in [0.717, 1.165) is 0 Å². The maximum Gasteiger partial charge on any atom is 0.490 e. The number of nitrogen functional groups attached to an aromatic ring is 1. The van der Waals surface area contributed by atoms with Crippen LogP contribution in [-0.4, -0.2) is 75.2 Å². The van der Waals surface area contributed by atoms with Crippen LogP contribution in [0.5, 0.6) is 0 Å². The fraction of sp³-hybridized carbons (Fsp3) is 0.545. The number of hydrogen-bond acceptors (Lipinski definition) is 13. The van der Waals surface area contributed by atoms with Crippen LogP contribution in [0.3, 0.4) is 0 Å². The Morgan fingerprint density at radius 3 is 2.61 bits per heavy atom. The number of aliphatic hydroxyl groups excluding tert-OH is 1. The van der Waals surface area contributed by atoms with E-state index >= 15 is 0 Å². The van der Waals surface area contributed by atoms with Gasteiger partial charge < -0.3 is 39.9 Å². The summed E-state index contributed by atoms with van der Waals surface area (Å²) in [6, 6.07) is 0. The van der Waals surface area contributed by atoms with Gasteiger partial charge in [-0.15, -0.1) is 0 Å². The molecule has 2 aromatic rings. The van der Waals surface area contributed by atoms with Gasteiger partial charge in [0.2, 0.25) is 5.95 Å². The van der Waals surface area contributed by atoms with Gasteiger partial charge in [-0.2, -0.15) is 13.6 Å². The zero-order chi connectivity index (χ0) is 24.4. The summed E-state index contributed by atoms with van der Waals surface area (Å²) >= 11 is 0. The van der Waals surface area contributed by atoms with E-state index in [4.69, 9.17) is 25.0 Å². The summed E-state index contributed by atoms with van der Waals surface area (Å²) in [4.78, 5) is 58.1. The molecule has 0 radical (unpaired) electrons. The smallest absolute Gasteiger partial charge is 0.387 e. The average molecular weight is 535 g/mol. The normalized spacial score (nSPS) is 31.0. The molecule has 8 N–H and O–H groups in total. The van der Waals surface area contributed by atoms with Crippen LogP contribution >= 0.6 is 23.5 Å². The van der Waals surface area contributed by atoms with Gasteiger partial charge in [0.1, 0.15) is 17.8 Å². The Bertz CT molecular complexity index is 1290. The number of imidazole rings is 1. The largest absolute Gasteiger partial charge is 0.490 e. The molecule has 2 aliphatic heterocycles. The number of nitrogens with one attached hydrogen (secondary N) is 1. The number of nitrogens with zero attached hydrogens (tertiary/aromatic N) is 3. The Kier molecular flexibility index (Phi) is 5.95. The van der Waals surface area contributed by atoms with Gasteiger partial charge in [-0.25, -0.2) is 18.7 Å². The number of anilines is 1. The molecular weight excluding hydrogens is 519 g/mol. The van der Waals surface area contributed by atoms with E-state index < -0.39 is 59.7 Å². The maximum absolute atomic E-state index is 12.0. The van der Waals surface area contributed by atoms with E-state index in [1.807, 2.05) is 0 Å². The summed E-state index contributed by atoms with van der Waals surface area (Å²) in [5.74, 6) is -0.221. The quantitative estimate of drug-likeness (QED) is 0.181. The van der Waals surface area contributed by atoms with Gasteiger partial charge in [-0.05, 0) is 0 Å². The highest BCUT2D eigenvalue weighted by molar-refractivity contribution is 7.66. The second kappa shape index (κ2) is 8.00. The topological polar surface area (TPSA) is 288 Å². The van der Waals surface area contributed by atoms with Crippen molar-refractivity contribution in [3.05, 3.63) is 16.7 Å². The van der Waals surface area contributed by atoms with Crippen LogP contribution < -0.4 is 11.3 Å². The van der Waals surface area contributed by atoms with Crippen molar-refractivity contribution in [2.45, 2.75) is 24.0 Å². The number of phosphoric ester groups is 1. The molecule has 0 saturated carbocycles. The third-order valence-corrected chi connectivity index (χ3v) is 8.40. The third-order valence-electron chi connectivity index (χ3n) is 4.62. The molecule has 2 saturated heterocycles. The predicted octanol–water partition coefficient (Wildman–Crippen LogP) is -1.93. The second-order valence-electron chi connectivity index (χ2n) is 6.93. The number of fused-ring (bicyclic) bond motifs is 3. The SMILES string of the molecule is Nc1nc2c(ncn2[C@@H]2O[C@@]3(COP(=O)(O)OP(=O)(O)OP(=O)(O)O)COC2C3O)c(=O)[nH]1. The highest BCUT2D eigenvalue weighted by atomic mass is 31.3. The van der Waals surface area contributed by atoms with Crippen LogP contribution in [0.25, 0.3) is 11.2 Å². The van der Waals surface area contributed by atoms with Crippen LogP contribution in [0.1, 0.15) is 6.23 Å². The Morgan fingerprint density at radius 1 is 1.24 bits per heavy atom.